The molecule has 1 aliphatic carbocycles. The summed E-state index contributed by atoms with van der Waals surface area (Å²) in [5, 5.41) is 0.963. The normalized spacial score (nSPS) is 24.1. The van der Waals surface area contributed by atoms with Crippen LogP contribution in [0.2, 0.25) is 0 Å². The van der Waals surface area contributed by atoms with Crippen molar-refractivity contribution >= 4 is 10.9 Å². The summed E-state index contributed by atoms with van der Waals surface area (Å²) >= 11 is 0. The number of hydrogen-bond acceptors (Lipinski definition) is 0. The highest BCUT2D eigenvalue weighted by Crippen LogP contribution is 2.37. The highest BCUT2D eigenvalue weighted by molar-refractivity contribution is 5.84. The molecule has 0 bridgehead atoms. The Hall–Kier alpha value is -1.83. The minimum atomic E-state index is -1.36. The van der Waals surface area contributed by atoms with E-state index in [1.54, 1.807) is 12.2 Å². The smallest absolute Gasteiger partial charge is 0.158 e. The number of H-pyrrole nitrogens is 1. The summed E-state index contributed by atoms with van der Waals surface area (Å²) in [5.74, 6) is 0. The van der Waals surface area contributed by atoms with Crippen molar-refractivity contribution in [2.24, 2.45) is 0 Å². The number of aromatic amines is 1. The number of aromatic nitrogens is 1. The summed E-state index contributed by atoms with van der Waals surface area (Å²) in [4.78, 5) is 3.11. The fraction of sp³-hybridized carbons (Fsp3) is 0.143. The number of alkyl halides is 1. The second-order valence-corrected chi connectivity index (χ2v) is 4.10. The van der Waals surface area contributed by atoms with E-state index < -0.39 is 5.67 Å². The zero-order valence-corrected chi connectivity index (χ0v) is 8.78. The summed E-state index contributed by atoms with van der Waals surface area (Å²) in [7, 11) is 0. The Balaban J connectivity index is 2.22. The van der Waals surface area contributed by atoms with Crippen LogP contribution in [0.3, 0.4) is 0 Å². The number of allylic oxidation sites excluding steroid dienone is 4. The van der Waals surface area contributed by atoms with Gasteiger partial charge in [0.25, 0.3) is 0 Å². The largest absolute Gasteiger partial charge is 0.361 e. The van der Waals surface area contributed by atoms with Crippen LogP contribution >= 0.6 is 0 Å². The number of benzene rings is 1. The van der Waals surface area contributed by atoms with Gasteiger partial charge in [-0.3, -0.25) is 0 Å². The molecule has 1 nitrogen and oxygen atoms in total. The number of hydrogen-bond donors (Lipinski definition) is 1. The van der Waals surface area contributed by atoms with E-state index in [2.05, 4.69) is 4.98 Å². The first-order valence-electron chi connectivity index (χ1n) is 5.39. The molecular weight excluding hydrogens is 201 g/mol. The van der Waals surface area contributed by atoms with Crippen LogP contribution in [0.1, 0.15) is 12.0 Å². The van der Waals surface area contributed by atoms with Crippen molar-refractivity contribution in [1.29, 1.82) is 0 Å². The molecule has 0 amide bonds. The van der Waals surface area contributed by atoms with E-state index >= 15 is 0 Å². The Morgan fingerprint density at radius 3 is 2.94 bits per heavy atom. The van der Waals surface area contributed by atoms with Crippen LogP contribution in [-0.4, -0.2) is 4.98 Å². The van der Waals surface area contributed by atoms with Crippen molar-refractivity contribution in [2.75, 3.05) is 0 Å². The van der Waals surface area contributed by atoms with Gasteiger partial charge in [0.2, 0.25) is 0 Å². The predicted octanol–water partition coefficient (Wildman–Crippen LogP) is 3.85. The van der Waals surface area contributed by atoms with Crippen LogP contribution in [0.5, 0.6) is 0 Å². The molecule has 0 saturated heterocycles. The average Bonchev–Trinajstić information content (AvgIpc) is 2.77. The Labute approximate surface area is 93.3 Å². The van der Waals surface area contributed by atoms with E-state index in [0.29, 0.717) is 6.42 Å². The molecular formula is C14H12FN. The van der Waals surface area contributed by atoms with Gasteiger partial charge in [-0.15, -0.1) is 0 Å². The van der Waals surface area contributed by atoms with Gasteiger partial charge >= 0.3 is 0 Å². The fourth-order valence-electron chi connectivity index (χ4n) is 2.24. The third kappa shape index (κ3) is 1.30. The van der Waals surface area contributed by atoms with Crippen molar-refractivity contribution in [1.82, 2.24) is 4.98 Å². The third-order valence-corrected chi connectivity index (χ3v) is 3.07. The van der Waals surface area contributed by atoms with Gasteiger partial charge in [-0.25, -0.2) is 4.39 Å². The monoisotopic (exact) mass is 213 g/mol. The van der Waals surface area contributed by atoms with Crippen LogP contribution in [0.25, 0.3) is 10.9 Å². The molecule has 0 aliphatic heterocycles. The Morgan fingerprint density at radius 1 is 1.19 bits per heavy atom. The molecule has 1 aromatic heterocycles. The van der Waals surface area contributed by atoms with Gasteiger partial charge in [-0.1, -0.05) is 30.4 Å². The van der Waals surface area contributed by atoms with Crippen molar-refractivity contribution in [3.8, 4) is 0 Å². The van der Waals surface area contributed by atoms with Crippen molar-refractivity contribution in [2.45, 2.75) is 12.1 Å². The summed E-state index contributed by atoms with van der Waals surface area (Å²) in [6.07, 6.45) is 9.41. The van der Waals surface area contributed by atoms with Crippen LogP contribution in [0.4, 0.5) is 4.39 Å². The number of fused-ring (bicyclic) bond motifs is 1. The first-order valence-corrected chi connectivity index (χ1v) is 5.39. The Morgan fingerprint density at radius 2 is 2.12 bits per heavy atom. The lowest BCUT2D eigenvalue weighted by Crippen LogP contribution is -2.17. The van der Waals surface area contributed by atoms with Gasteiger partial charge in [-0.05, 0) is 18.2 Å². The van der Waals surface area contributed by atoms with Crippen molar-refractivity contribution < 1.29 is 4.39 Å². The molecule has 80 valence electrons. The first-order chi connectivity index (χ1) is 7.80. The molecule has 0 radical (unpaired) electrons. The van der Waals surface area contributed by atoms with Crippen molar-refractivity contribution in [3.63, 3.8) is 0 Å². The topological polar surface area (TPSA) is 15.8 Å². The lowest BCUT2D eigenvalue weighted by atomic mass is 9.87. The van der Waals surface area contributed by atoms with E-state index in [4.69, 9.17) is 0 Å². The molecule has 1 aromatic carbocycles. The Bertz CT molecular complexity index is 579. The lowest BCUT2D eigenvalue weighted by molar-refractivity contribution is 0.238. The van der Waals surface area contributed by atoms with E-state index in [-0.39, 0.29) is 0 Å². The quantitative estimate of drug-likeness (QED) is 0.740. The summed E-state index contributed by atoms with van der Waals surface area (Å²) in [5.41, 5.74) is 0.362. The second kappa shape index (κ2) is 3.34. The number of rotatable bonds is 1. The zero-order chi connectivity index (χ0) is 11.0. The molecule has 16 heavy (non-hydrogen) atoms. The molecule has 0 saturated carbocycles. The minimum Gasteiger partial charge on any atom is -0.361 e. The molecule has 1 unspecified atom stereocenters. The number of halogens is 1. The molecule has 0 spiro atoms. The van der Waals surface area contributed by atoms with Gasteiger partial charge < -0.3 is 4.98 Å². The van der Waals surface area contributed by atoms with E-state index in [1.807, 2.05) is 42.6 Å². The van der Waals surface area contributed by atoms with Gasteiger partial charge in [0.05, 0.1) is 0 Å². The third-order valence-electron chi connectivity index (χ3n) is 3.07. The minimum absolute atomic E-state index is 0.411. The molecule has 1 heterocycles. The summed E-state index contributed by atoms with van der Waals surface area (Å²) in [6.45, 7) is 0. The zero-order valence-electron chi connectivity index (χ0n) is 8.78. The predicted molar refractivity (Wildman–Crippen MR) is 64.0 cm³/mol. The molecule has 1 N–H and O–H groups in total. The molecule has 1 atom stereocenters. The SMILES string of the molecule is FC1(c2cccc3[nH]ccc23)C=CC=CC1. The molecule has 2 aromatic rings. The van der Waals surface area contributed by atoms with Gasteiger partial charge in [0.1, 0.15) is 0 Å². The molecule has 3 rings (SSSR count). The fourth-order valence-corrected chi connectivity index (χ4v) is 2.24. The summed E-state index contributed by atoms with van der Waals surface area (Å²) in [6, 6.07) is 7.64. The highest BCUT2D eigenvalue weighted by Gasteiger charge is 2.30. The van der Waals surface area contributed by atoms with Crippen LogP contribution in [0, 0.1) is 0 Å². The van der Waals surface area contributed by atoms with E-state index in [9.17, 15) is 4.39 Å². The lowest BCUT2D eigenvalue weighted by Gasteiger charge is -2.23. The standard InChI is InChI=1S/C14H12FN/c15-14(8-2-1-3-9-14)12-5-4-6-13-11(12)7-10-16-13/h1-8,10,16H,9H2. The van der Waals surface area contributed by atoms with Crippen LogP contribution in [0.15, 0.2) is 54.8 Å². The average molecular weight is 213 g/mol. The van der Waals surface area contributed by atoms with Crippen LogP contribution < -0.4 is 0 Å². The maximum Gasteiger partial charge on any atom is 0.158 e. The maximum absolute atomic E-state index is 14.8. The Kier molecular flexibility index (Phi) is 1.96. The van der Waals surface area contributed by atoms with Crippen molar-refractivity contribution in [3.05, 3.63) is 60.3 Å². The van der Waals surface area contributed by atoms with E-state index in [1.165, 1.54) is 0 Å². The molecule has 1 aliphatic rings. The maximum atomic E-state index is 14.8. The molecule has 2 heteroatoms. The van der Waals surface area contributed by atoms with E-state index in [0.717, 1.165) is 16.5 Å². The highest BCUT2D eigenvalue weighted by atomic mass is 19.1. The van der Waals surface area contributed by atoms with Crippen LogP contribution in [-0.2, 0) is 5.67 Å². The summed E-state index contributed by atoms with van der Waals surface area (Å²) < 4.78 is 14.8. The molecule has 0 fully saturated rings. The van der Waals surface area contributed by atoms with Gasteiger partial charge in [0, 0.05) is 29.1 Å². The number of nitrogens with one attached hydrogen (secondary N) is 1. The van der Waals surface area contributed by atoms with Gasteiger partial charge in [0.15, 0.2) is 5.67 Å². The van der Waals surface area contributed by atoms with Gasteiger partial charge in [-0.2, -0.15) is 0 Å². The second-order valence-electron chi connectivity index (χ2n) is 4.10. The first kappa shape index (κ1) is 9.40.